The summed E-state index contributed by atoms with van der Waals surface area (Å²) in [6.07, 6.45) is -7.38. The Balaban J connectivity index is 2.08. The smallest absolute Gasteiger partial charge is 0.335 e. The van der Waals surface area contributed by atoms with Crippen LogP contribution < -0.4 is 10.5 Å². The fraction of sp³-hybridized carbons (Fsp3) is 0.500. The highest BCUT2D eigenvalue weighted by Gasteiger charge is 2.48. The van der Waals surface area contributed by atoms with Crippen molar-refractivity contribution in [1.82, 2.24) is 0 Å². The first-order valence-corrected chi connectivity index (χ1v) is 6.82. The Kier molecular flexibility index (Phi) is 5.33. The summed E-state index contributed by atoms with van der Waals surface area (Å²) in [5.41, 5.74) is 6.45. The third-order valence-electron chi connectivity index (χ3n) is 3.42. The largest absolute Gasteiger partial charge is 0.479 e. The summed E-state index contributed by atoms with van der Waals surface area (Å²) < 4.78 is 10.4. The molecule has 2 rings (SSSR count). The number of hydrogen-bond acceptors (Lipinski definition) is 7. The van der Waals surface area contributed by atoms with Gasteiger partial charge in [-0.15, -0.1) is 0 Å². The Hall–Kier alpha value is -1.71. The monoisotopic (exact) mass is 313 g/mol. The van der Waals surface area contributed by atoms with Gasteiger partial charge in [0.25, 0.3) is 0 Å². The molecule has 0 bridgehead atoms. The van der Waals surface area contributed by atoms with Crippen LogP contribution in [0.1, 0.15) is 5.56 Å². The molecule has 1 aromatic carbocycles. The van der Waals surface area contributed by atoms with Crippen LogP contribution in [0.4, 0.5) is 0 Å². The van der Waals surface area contributed by atoms with Crippen molar-refractivity contribution in [1.29, 1.82) is 0 Å². The zero-order chi connectivity index (χ0) is 16.3. The molecule has 0 aliphatic carbocycles. The van der Waals surface area contributed by atoms with E-state index in [9.17, 15) is 20.1 Å². The molecule has 1 aliphatic heterocycles. The minimum absolute atomic E-state index is 0.331. The lowest BCUT2D eigenvalue weighted by Gasteiger charge is -2.38. The molecule has 8 nitrogen and oxygen atoms in total. The molecule has 1 aromatic rings. The SMILES string of the molecule is NCCc1ccc(OC2OC(C(=O)O)C(O)C(O)C2O)cc1. The highest BCUT2D eigenvalue weighted by Crippen LogP contribution is 2.24. The average Bonchev–Trinajstić information content (AvgIpc) is 2.49. The van der Waals surface area contributed by atoms with Crippen LogP contribution in [0.25, 0.3) is 0 Å². The van der Waals surface area contributed by atoms with Gasteiger partial charge in [0.05, 0.1) is 0 Å². The number of hydrogen-bond donors (Lipinski definition) is 5. The van der Waals surface area contributed by atoms with Crippen molar-refractivity contribution >= 4 is 5.97 Å². The van der Waals surface area contributed by atoms with E-state index < -0.39 is 36.7 Å². The van der Waals surface area contributed by atoms with Gasteiger partial charge < -0.3 is 35.6 Å². The standard InChI is InChI=1S/C14H19NO7/c15-6-5-7-1-3-8(4-2-7)21-14-11(18)9(16)10(17)12(22-14)13(19)20/h1-4,9-12,14,16-18H,5-6,15H2,(H,19,20). The number of aliphatic hydroxyl groups excluding tert-OH is 3. The van der Waals surface area contributed by atoms with E-state index in [0.717, 1.165) is 5.56 Å². The van der Waals surface area contributed by atoms with Gasteiger partial charge in [-0.3, -0.25) is 0 Å². The van der Waals surface area contributed by atoms with Crippen LogP contribution in [-0.4, -0.2) is 63.6 Å². The maximum Gasteiger partial charge on any atom is 0.335 e. The van der Waals surface area contributed by atoms with Crippen LogP contribution in [0, 0.1) is 0 Å². The Labute approximate surface area is 126 Å². The summed E-state index contributed by atoms with van der Waals surface area (Å²) in [6.45, 7) is 0.509. The van der Waals surface area contributed by atoms with Gasteiger partial charge in [0, 0.05) is 0 Å². The predicted molar refractivity (Wildman–Crippen MR) is 74.1 cm³/mol. The summed E-state index contributed by atoms with van der Waals surface area (Å²) in [5.74, 6) is -1.12. The van der Waals surface area contributed by atoms with Crippen LogP contribution in [0.3, 0.4) is 0 Å². The molecular formula is C14H19NO7. The highest BCUT2D eigenvalue weighted by atomic mass is 16.7. The molecule has 8 heteroatoms. The lowest BCUT2D eigenvalue weighted by Crippen LogP contribution is -2.61. The van der Waals surface area contributed by atoms with E-state index in [4.69, 9.17) is 20.3 Å². The van der Waals surface area contributed by atoms with Crippen LogP contribution in [0.5, 0.6) is 5.75 Å². The second-order valence-corrected chi connectivity index (χ2v) is 5.04. The van der Waals surface area contributed by atoms with Gasteiger partial charge in [-0.05, 0) is 30.7 Å². The number of rotatable bonds is 5. The first kappa shape index (κ1) is 16.7. The zero-order valence-corrected chi connectivity index (χ0v) is 11.7. The summed E-state index contributed by atoms with van der Waals surface area (Å²) in [7, 11) is 0. The average molecular weight is 313 g/mol. The minimum atomic E-state index is -1.74. The van der Waals surface area contributed by atoms with Gasteiger partial charge in [0.15, 0.2) is 6.10 Å². The summed E-state index contributed by atoms with van der Waals surface area (Å²) in [5, 5.41) is 38.1. The van der Waals surface area contributed by atoms with Gasteiger partial charge in [-0.1, -0.05) is 12.1 Å². The molecule has 0 spiro atoms. The normalized spacial score (nSPS) is 31.7. The van der Waals surface area contributed by atoms with Crippen molar-refractivity contribution < 1.29 is 34.7 Å². The second-order valence-electron chi connectivity index (χ2n) is 5.04. The van der Waals surface area contributed by atoms with E-state index in [1.165, 1.54) is 0 Å². The number of carboxylic acid groups (broad SMARTS) is 1. The van der Waals surface area contributed by atoms with Crippen LogP contribution in [0.15, 0.2) is 24.3 Å². The number of benzene rings is 1. The Morgan fingerprint density at radius 1 is 1.14 bits per heavy atom. The molecule has 1 fully saturated rings. The maximum absolute atomic E-state index is 11.0. The van der Waals surface area contributed by atoms with Gasteiger partial charge in [-0.2, -0.15) is 0 Å². The van der Waals surface area contributed by atoms with Gasteiger partial charge in [0.1, 0.15) is 24.1 Å². The zero-order valence-electron chi connectivity index (χ0n) is 11.7. The van der Waals surface area contributed by atoms with Gasteiger partial charge in [0.2, 0.25) is 6.29 Å². The number of aliphatic carboxylic acids is 1. The molecule has 0 aromatic heterocycles. The van der Waals surface area contributed by atoms with E-state index in [1.54, 1.807) is 24.3 Å². The first-order chi connectivity index (χ1) is 10.4. The number of carbonyl (C=O) groups is 1. The van der Waals surface area contributed by atoms with E-state index in [0.29, 0.717) is 18.7 Å². The maximum atomic E-state index is 11.0. The molecule has 0 saturated carbocycles. The summed E-state index contributed by atoms with van der Waals surface area (Å²) in [6, 6.07) is 6.79. The molecule has 0 radical (unpaired) electrons. The molecule has 1 aliphatic rings. The van der Waals surface area contributed by atoms with Crippen LogP contribution in [-0.2, 0) is 16.0 Å². The predicted octanol–water partition coefficient (Wildman–Crippen LogP) is -1.54. The van der Waals surface area contributed by atoms with Crippen molar-refractivity contribution in [3.63, 3.8) is 0 Å². The lowest BCUT2D eigenvalue weighted by molar-refractivity contribution is -0.271. The van der Waals surface area contributed by atoms with Crippen molar-refractivity contribution in [2.24, 2.45) is 5.73 Å². The summed E-state index contributed by atoms with van der Waals surface area (Å²) >= 11 is 0. The van der Waals surface area contributed by atoms with Gasteiger partial charge >= 0.3 is 5.97 Å². The molecule has 5 unspecified atom stereocenters. The Morgan fingerprint density at radius 3 is 2.32 bits per heavy atom. The highest BCUT2D eigenvalue weighted by molar-refractivity contribution is 5.73. The topological polar surface area (TPSA) is 142 Å². The molecule has 1 saturated heterocycles. The van der Waals surface area contributed by atoms with Crippen molar-refractivity contribution in [3.05, 3.63) is 29.8 Å². The van der Waals surface area contributed by atoms with E-state index >= 15 is 0 Å². The van der Waals surface area contributed by atoms with E-state index in [-0.39, 0.29) is 0 Å². The Morgan fingerprint density at radius 2 is 1.77 bits per heavy atom. The molecule has 122 valence electrons. The van der Waals surface area contributed by atoms with E-state index in [1.807, 2.05) is 0 Å². The second kappa shape index (κ2) is 7.03. The van der Waals surface area contributed by atoms with Crippen LogP contribution >= 0.6 is 0 Å². The minimum Gasteiger partial charge on any atom is -0.479 e. The molecule has 0 amide bonds. The fourth-order valence-electron chi connectivity index (χ4n) is 2.18. The third kappa shape index (κ3) is 3.54. The van der Waals surface area contributed by atoms with Gasteiger partial charge in [-0.25, -0.2) is 4.79 Å². The van der Waals surface area contributed by atoms with Crippen molar-refractivity contribution in [2.75, 3.05) is 6.54 Å². The van der Waals surface area contributed by atoms with Crippen molar-refractivity contribution in [3.8, 4) is 5.75 Å². The molecule has 22 heavy (non-hydrogen) atoms. The van der Waals surface area contributed by atoms with Crippen LogP contribution in [0.2, 0.25) is 0 Å². The molecule has 6 N–H and O–H groups in total. The fourth-order valence-corrected chi connectivity index (χ4v) is 2.18. The molecule has 5 atom stereocenters. The van der Waals surface area contributed by atoms with E-state index in [2.05, 4.69) is 0 Å². The number of aliphatic hydroxyl groups is 3. The third-order valence-corrected chi connectivity index (χ3v) is 3.42. The lowest BCUT2D eigenvalue weighted by atomic mass is 9.99. The Bertz CT molecular complexity index is 506. The summed E-state index contributed by atoms with van der Waals surface area (Å²) in [4.78, 5) is 11.0. The quantitative estimate of drug-likeness (QED) is 0.440. The number of ether oxygens (including phenoxy) is 2. The number of carboxylic acids is 1. The molecular weight excluding hydrogens is 294 g/mol. The first-order valence-electron chi connectivity index (χ1n) is 6.82. The number of nitrogens with two attached hydrogens (primary N) is 1. The van der Waals surface area contributed by atoms with Crippen molar-refractivity contribution in [2.45, 2.75) is 37.1 Å². The molecule has 1 heterocycles.